The Bertz CT molecular complexity index is 561. The number of amides is 1. The molecule has 0 unspecified atom stereocenters. The number of nitrogens with two attached hydrogens (primary N) is 1. The zero-order valence-electron chi connectivity index (χ0n) is 10.8. The van der Waals surface area contributed by atoms with Crippen molar-refractivity contribution < 1.29 is 4.79 Å². The van der Waals surface area contributed by atoms with Crippen LogP contribution < -0.4 is 11.1 Å². The fraction of sp³-hybridized carbons (Fsp3) is 0.364. The lowest BCUT2D eigenvalue weighted by molar-refractivity contribution is 0.0991. The summed E-state index contributed by atoms with van der Waals surface area (Å²) in [5.41, 5.74) is 6.50. The molecule has 1 amide bonds. The van der Waals surface area contributed by atoms with E-state index in [1.165, 1.54) is 4.68 Å². The third-order valence-corrected chi connectivity index (χ3v) is 2.60. The van der Waals surface area contributed by atoms with E-state index in [1.807, 2.05) is 23.9 Å². The van der Waals surface area contributed by atoms with Gasteiger partial charge in [0.25, 0.3) is 5.91 Å². The summed E-state index contributed by atoms with van der Waals surface area (Å²) >= 11 is 0. The number of carbonyl (C=O) groups is 1. The molecule has 2 heterocycles. The lowest BCUT2D eigenvalue weighted by atomic mass is 10.4. The highest BCUT2D eigenvalue weighted by Gasteiger charge is 2.09. The van der Waals surface area contributed by atoms with Gasteiger partial charge in [0.1, 0.15) is 11.5 Å². The van der Waals surface area contributed by atoms with Crippen molar-refractivity contribution in [2.45, 2.75) is 20.0 Å². The van der Waals surface area contributed by atoms with E-state index < -0.39 is 5.91 Å². The van der Waals surface area contributed by atoms with Crippen LogP contribution in [0.1, 0.15) is 23.1 Å². The zero-order valence-corrected chi connectivity index (χ0v) is 11.6. The van der Waals surface area contributed by atoms with Crippen LogP contribution in [0.2, 0.25) is 0 Å². The van der Waals surface area contributed by atoms with Crippen LogP contribution in [-0.2, 0) is 20.1 Å². The quantitative estimate of drug-likeness (QED) is 0.848. The number of halogens is 1. The Labute approximate surface area is 117 Å². The molecule has 0 atom stereocenters. The molecule has 2 rings (SSSR count). The first-order valence-corrected chi connectivity index (χ1v) is 5.70. The smallest absolute Gasteiger partial charge is 0.267 e. The molecule has 0 saturated heterocycles. The SMILES string of the molecule is CCn1ccc(CNc2cc(C(N)=O)n(C)n2)n1.Cl. The molecule has 3 N–H and O–H groups in total. The van der Waals surface area contributed by atoms with Crippen LogP contribution in [0.4, 0.5) is 5.82 Å². The average molecular weight is 285 g/mol. The number of anilines is 1. The number of rotatable bonds is 5. The molecule has 2 aromatic rings. The van der Waals surface area contributed by atoms with E-state index in [0.29, 0.717) is 18.1 Å². The number of aryl methyl sites for hydroxylation is 2. The van der Waals surface area contributed by atoms with Crippen LogP contribution in [0, 0.1) is 0 Å². The van der Waals surface area contributed by atoms with Crippen molar-refractivity contribution in [1.82, 2.24) is 19.6 Å². The van der Waals surface area contributed by atoms with Crippen LogP contribution in [0.25, 0.3) is 0 Å². The predicted molar refractivity (Wildman–Crippen MR) is 74.2 cm³/mol. The van der Waals surface area contributed by atoms with Crippen molar-refractivity contribution in [3.05, 3.63) is 29.7 Å². The zero-order chi connectivity index (χ0) is 13.1. The molecule has 0 aliphatic heterocycles. The Balaban J connectivity index is 0.00000180. The van der Waals surface area contributed by atoms with E-state index in [1.54, 1.807) is 13.1 Å². The molecule has 0 radical (unpaired) electrons. The maximum atomic E-state index is 11.1. The van der Waals surface area contributed by atoms with Gasteiger partial charge in [-0.2, -0.15) is 10.2 Å². The van der Waals surface area contributed by atoms with Gasteiger partial charge < -0.3 is 11.1 Å². The molecular weight excluding hydrogens is 268 g/mol. The van der Waals surface area contributed by atoms with E-state index in [-0.39, 0.29) is 12.4 Å². The van der Waals surface area contributed by atoms with Crippen LogP contribution in [0.3, 0.4) is 0 Å². The molecular formula is C11H17ClN6O. The highest BCUT2D eigenvalue weighted by atomic mass is 35.5. The van der Waals surface area contributed by atoms with Gasteiger partial charge in [0.15, 0.2) is 0 Å². The highest BCUT2D eigenvalue weighted by molar-refractivity contribution is 5.91. The van der Waals surface area contributed by atoms with Gasteiger partial charge in [0.05, 0.1) is 12.2 Å². The fourth-order valence-electron chi connectivity index (χ4n) is 1.64. The lowest BCUT2D eigenvalue weighted by Crippen LogP contribution is -2.15. The molecule has 0 aliphatic rings. The third-order valence-electron chi connectivity index (χ3n) is 2.60. The number of hydrogen-bond donors (Lipinski definition) is 2. The minimum atomic E-state index is -0.492. The Hall–Kier alpha value is -2.02. The van der Waals surface area contributed by atoms with Crippen LogP contribution in [0.15, 0.2) is 18.3 Å². The van der Waals surface area contributed by atoms with Gasteiger partial charge in [0.2, 0.25) is 0 Å². The lowest BCUT2D eigenvalue weighted by Gasteiger charge is -1.99. The topological polar surface area (TPSA) is 90.8 Å². The van der Waals surface area contributed by atoms with Gasteiger partial charge >= 0.3 is 0 Å². The van der Waals surface area contributed by atoms with Crippen LogP contribution in [0.5, 0.6) is 0 Å². The number of nitrogens with zero attached hydrogens (tertiary/aromatic N) is 4. The summed E-state index contributed by atoms with van der Waals surface area (Å²) in [6.07, 6.45) is 1.92. The summed E-state index contributed by atoms with van der Waals surface area (Å²) in [4.78, 5) is 11.1. The summed E-state index contributed by atoms with van der Waals surface area (Å²) in [6, 6.07) is 3.56. The first-order valence-electron chi connectivity index (χ1n) is 5.70. The van der Waals surface area contributed by atoms with Crippen molar-refractivity contribution >= 4 is 24.1 Å². The van der Waals surface area contributed by atoms with Gasteiger partial charge in [-0.05, 0) is 13.0 Å². The van der Waals surface area contributed by atoms with E-state index >= 15 is 0 Å². The average Bonchev–Trinajstić information content (AvgIpc) is 2.92. The maximum Gasteiger partial charge on any atom is 0.267 e. The van der Waals surface area contributed by atoms with E-state index in [4.69, 9.17) is 5.73 Å². The van der Waals surface area contributed by atoms with Crippen molar-refractivity contribution in [2.75, 3.05) is 5.32 Å². The van der Waals surface area contributed by atoms with Crippen LogP contribution >= 0.6 is 12.4 Å². The minimum absolute atomic E-state index is 0. The van der Waals surface area contributed by atoms with Gasteiger partial charge in [0, 0.05) is 25.9 Å². The van der Waals surface area contributed by atoms with Crippen LogP contribution in [-0.4, -0.2) is 25.5 Å². The number of hydrogen-bond acceptors (Lipinski definition) is 4. The standard InChI is InChI=1S/C11H16N6O.ClH/c1-3-17-5-4-8(14-17)7-13-10-6-9(11(12)18)16(2)15-10;/h4-6H,3,7H2,1-2H3,(H2,12,18)(H,13,15);1H. The Kier molecular flexibility index (Phi) is 4.94. The van der Waals surface area contributed by atoms with Crippen molar-refractivity contribution in [2.24, 2.45) is 12.8 Å². The minimum Gasteiger partial charge on any atom is -0.364 e. The molecule has 2 aromatic heterocycles. The summed E-state index contributed by atoms with van der Waals surface area (Å²) in [5.74, 6) is 0.116. The normalized spacial score (nSPS) is 10.0. The highest BCUT2D eigenvalue weighted by Crippen LogP contribution is 2.09. The summed E-state index contributed by atoms with van der Waals surface area (Å²) in [7, 11) is 1.68. The van der Waals surface area contributed by atoms with E-state index in [2.05, 4.69) is 15.5 Å². The van der Waals surface area contributed by atoms with Gasteiger partial charge in [-0.25, -0.2) is 0 Å². The van der Waals surface area contributed by atoms with Gasteiger partial charge in [-0.1, -0.05) is 0 Å². The van der Waals surface area contributed by atoms with E-state index in [9.17, 15) is 4.79 Å². The molecule has 7 nitrogen and oxygen atoms in total. The van der Waals surface area contributed by atoms with Crippen molar-refractivity contribution in [3.8, 4) is 0 Å². The van der Waals surface area contributed by atoms with Gasteiger partial charge in [-0.15, -0.1) is 12.4 Å². The van der Waals surface area contributed by atoms with Gasteiger partial charge in [-0.3, -0.25) is 14.2 Å². The Morgan fingerprint density at radius 2 is 2.21 bits per heavy atom. The van der Waals surface area contributed by atoms with E-state index in [0.717, 1.165) is 12.2 Å². The predicted octanol–water partition coefficient (Wildman–Crippen LogP) is 0.769. The molecule has 0 fully saturated rings. The number of primary amides is 1. The number of aromatic nitrogens is 4. The Morgan fingerprint density at radius 1 is 1.47 bits per heavy atom. The molecule has 0 spiro atoms. The summed E-state index contributed by atoms with van der Waals surface area (Å²) < 4.78 is 3.31. The van der Waals surface area contributed by atoms with Crippen molar-refractivity contribution in [1.29, 1.82) is 0 Å². The molecule has 0 saturated carbocycles. The summed E-state index contributed by atoms with van der Waals surface area (Å²) in [6.45, 7) is 3.43. The second-order valence-electron chi connectivity index (χ2n) is 3.92. The monoisotopic (exact) mass is 284 g/mol. The second-order valence-corrected chi connectivity index (χ2v) is 3.92. The summed E-state index contributed by atoms with van der Waals surface area (Å²) in [5, 5.41) is 11.6. The van der Waals surface area contributed by atoms with Crippen molar-refractivity contribution in [3.63, 3.8) is 0 Å². The number of nitrogens with one attached hydrogen (secondary N) is 1. The molecule has 0 bridgehead atoms. The largest absolute Gasteiger partial charge is 0.364 e. The fourth-order valence-corrected chi connectivity index (χ4v) is 1.64. The molecule has 19 heavy (non-hydrogen) atoms. The molecule has 104 valence electrons. The third kappa shape index (κ3) is 3.47. The maximum absolute atomic E-state index is 11.1. The first-order chi connectivity index (χ1) is 8.60. The molecule has 0 aliphatic carbocycles. The molecule has 8 heteroatoms. The first kappa shape index (κ1) is 15.0. The Morgan fingerprint density at radius 3 is 2.74 bits per heavy atom. The number of carbonyl (C=O) groups excluding carboxylic acids is 1. The molecule has 0 aromatic carbocycles. The second kappa shape index (κ2) is 6.24.